The molecule has 0 saturated heterocycles. The summed E-state index contributed by atoms with van der Waals surface area (Å²) >= 11 is 0. The van der Waals surface area contributed by atoms with E-state index in [1.54, 1.807) is 52.0 Å². The van der Waals surface area contributed by atoms with Crippen molar-refractivity contribution in [3.05, 3.63) is 60.0 Å². The summed E-state index contributed by atoms with van der Waals surface area (Å²) < 4.78 is 24.5. The van der Waals surface area contributed by atoms with E-state index < -0.39 is 18.0 Å². The number of nitrogens with one attached hydrogen (secondary N) is 1. The lowest BCUT2D eigenvalue weighted by atomic mass is 9.98. The molecular weight excluding hydrogens is 361 g/mol. The van der Waals surface area contributed by atoms with Crippen LogP contribution in [0.1, 0.15) is 38.5 Å². The fourth-order valence-electron chi connectivity index (χ4n) is 2.66. The van der Waals surface area contributed by atoms with Gasteiger partial charge in [0.25, 0.3) is 0 Å². The summed E-state index contributed by atoms with van der Waals surface area (Å²) in [7, 11) is 0. The number of ether oxygens (including phenoxy) is 1. The first-order valence-corrected chi connectivity index (χ1v) is 8.86. The second kappa shape index (κ2) is 7.80. The Hall–Kier alpha value is -3.22. The second-order valence-corrected chi connectivity index (χ2v) is 7.31. The van der Waals surface area contributed by atoms with Crippen LogP contribution in [0.15, 0.2) is 53.1 Å². The van der Waals surface area contributed by atoms with E-state index in [4.69, 9.17) is 9.26 Å². The van der Waals surface area contributed by atoms with Crippen LogP contribution in [-0.2, 0) is 4.74 Å². The molecule has 0 spiro atoms. The van der Waals surface area contributed by atoms with Crippen molar-refractivity contribution in [3.63, 3.8) is 0 Å². The highest BCUT2D eigenvalue weighted by Crippen LogP contribution is 2.31. The third kappa shape index (κ3) is 4.73. The third-order valence-corrected chi connectivity index (χ3v) is 3.85. The first kappa shape index (κ1) is 19.5. The van der Waals surface area contributed by atoms with Gasteiger partial charge in [-0.3, -0.25) is 5.32 Å². The molecular formula is C21H22FN3O3. The first-order chi connectivity index (χ1) is 13.2. The van der Waals surface area contributed by atoms with E-state index in [-0.39, 0.29) is 0 Å². The number of amides is 1. The quantitative estimate of drug-likeness (QED) is 0.626. The average Bonchev–Trinajstić information content (AvgIpc) is 3.06. The zero-order valence-corrected chi connectivity index (χ0v) is 16.2. The number of hydrogen-bond donors (Lipinski definition) is 1. The molecule has 3 aromatic rings. The smallest absolute Gasteiger partial charge is 0.410 e. The number of benzene rings is 2. The number of carbonyl (C=O) groups is 1. The normalized spacial score (nSPS) is 12.5. The van der Waals surface area contributed by atoms with E-state index >= 15 is 0 Å². The maximum absolute atomic E-state index is 14.4. The van der Waals surface area contributed by atoms with Crippen LogP contribution in [0.3, 0.4) is 0 Å². The van der Waals surface area contributed by atoms with Crippen molar-refractivity contribution in [2.75, 3.05) is 0 Å². The largest absolute Gasteiger partial charge is 0.444 e. The monoisotopic (exact) mass is 383 g/mol. The Morgan fingerprint density at radius 2 is 1.75 bits per heavy atom. The van der Waals surface area contributed by atoms with Gasteiger partial charge in [0.15, 0.2) is 0 Å². The molecule has 2 aromatic carbocycles. The van der Waals surface area contributed by atoms with Crippen molar-refractivity contribution in [2.45, 2.75) is 39.6 Å². The fourth-order valence-corrected chi connectivity index (χ4v) is 2.66. The van der Waals surface area contributed by atoms with Gasteiger partial charge in [-0.2, -0.15) is 4.98 Å². The number of nitrogens with zero attached hydrogens (tertiary/aromatic N) is 2. The Kier molecular flexibility index (Phi) is 5.44. The molecule has 1 heterocycles. The molecule has 1 aromatic heterocycles. The Morgan fingerprint density at radius 3 is 2.32 bits per heavy atom. The molecule has 0 aliphatic rings. The van der Waals surface area contributed by atoms with Gasteiger partial charge in [-0.15, -0.1) is 0 Å². The third-order valence-electron chi connectivity index (χ3n) is 3.85. The molecule has 0 aliphatic heterocycles. The van der Waals surface area contributed by atoms with Crippen LogP contribution in [0.25, 0.3) is 22.5 Å². The minimum atomic E-state index is -1.67. The molecule has 1 atom stereocenters. The molecule has 6 nitrogen and oxygen atoms in total. The molecule has 1 N–H and O–H groups in total. The summed E-state index contributed by atoms with van der Waals surface area (Å²) in [6, 6.07) is 14.4. The van der Waals surface area contributed by atoms with Crippen LogP contribution in [-0.4, -0.2) is 21.8 Å². The Bertz CT molecular complexity index is 962. The van der Waals surface area contributed by atoms with Crippen LogP contribution in [0.5, 0.6) is 0 Å². The number of alkyl halides is 1. The highest BCUT2D eigenvalue weighted by molar-refractivity contribution is 5.80. The van der Waals surface area contributed by atoms with Gasteiger partial charge in [0, 0.05) is 18.1 Å². The molecule has 0 bridgehead atoms. The number of carbonyl (C=O) groups excluding carboxylic acids is 1. The SMILES string of the molecule is Cc1nc(-c2ccccc2-c2ccc(C(F)NC(=O)OC(C)(C)C)cc2)no1. The van der Waals surface area contributed by atoms with Crippen LogP contribution < -0.4 is 5.32 Å². The Balaban J connectivity index is 1.79. The number of aryl methyl sites for hydroxylation is 1. The van der Waals surface area contributed by atoms with E-state index in [0.717, 1.165) is 16.7 Å². The van der Waals surface area contributed by atoms with Crippen LogP contribution in [0.4, 0.5) is 9.18 Å². The van der Waals surface area contributed by atoms with Gasteiger partial charge < -0.3 is 9.26 Å². The van der Waals surface area contributed by atoms with E-state index in [1.807, 2.05) is 24.3 Å². The van der Waals surface area contributed by atoms with Crippen molar-refractivity contribution in [2.24, 2.45) is 0 Å². The van der Waals surface area contributed by atoms with Crippen molar-refractivity contribution in [3.8, 4) is 22.5 Å². The lowest BCUT2D eigenvalue weighted by Gasteiger charge is -2.21. The predicted octanol–water partition coefficient (Wildman–Crippen LogP) is 5.20. The number of halogens is 1. The van der Waals surface area contributed by atoms with E-state index in [1.165, 1.54) is 0 Å². The number of aromatic nitrogens is 2. The van der Waals surface area contributed by atoms with Crippen molar-refractivity contribution in [1.29, 1.82) is 0 Å². The fraction of sp³-hybridized carbons (Fsp3) is 0.286. The van der Waals surface area contributed by atoms with Crippen LogP contribution in [0, 0.1) is 6.92 Å². The standard InChI is InChI=1S/C21H22FN3O3/c1-13-23-19(25-28-13)17-8-6-5-7-16(17)14-9-11-15(12-10-14)18(22)24-20(26)27-21(2,3)4/h5-12,18H,1-4H3,(H,24,26). The topological polar surface area (TPSA) is 77.2 Å². The lowest BCUT2D eigenvalue weighted by molar-refractivity contribution is 0.0452. The summed E-state index contributed by atoms with van der Waals surface area (Å²) in [5.41, 5.74) is 2.21. The summed E-state index contributed by atoms with van der Waals surface area (Å²) in [4.78, 5) is 16.0. The highest BCUT2D eigenvalue weighted by atomic mass is 19.1. The average molecular weight is 383 g/mol. The molecule has 28 heavy (non-hydrogen) atoms. The minimum absolute atomic E-state index is 0.322. The Labute approximate surface area is 162 Å². The van der Waals surface area contributed by atoms with Gasteiger partial charge in [0.2, 0.25) is 18.0 Å². The molecule has 1 unspecified atom stereocenters. The predicted molar refractivity (Wildman–Crippen MR) is 103 cm³/mol. The zero-order valence-electron chi connectivity index (χ0n) is 16.2. The van der Waals surface area contributed by atoms with Crippen LogP contribution in [0.2, 0.25) is 0 Å². The molecule has 1 amide bonds. The zero-order chi connectivity index (χ0) is 20.3. The van der Waals surface area contributed by atoms with E-state index in [2.05, 4.69) is 15.5 Å². The van der Waals surface area contributed by atoms with Gasteiger partial charge in [-0.1, -0.05) is 53.7 Å². The summed E-state index contributed by atoms with van der Waals surface area (Å²) in [6.45, 7) is 6.89. The van der Waals surface area contributed by atoms with E-state index in [0.29, 0.717) is 17.3 Å². The number of hydrogen-bond acceptors (Lipinski definition) is 5. The van der Waals surface area contributed by atoms with Crippen LogP contribution >= 0.6 is 0 Å². The molecule has 3 rings (SSSR count). The van der Waals surface area contributed by atoms with E-state index in [9.17, 15) is 9.18 Å². The van der Waals surface area contributed by atoms with Gasteiger partial charge in [-0.25, -0.2) is 9.18 Å². The summed E-state index contributed by atoms with van der Waals surface area (Å²) in [5, 5.41) is 6.16. The maximum atomic E-state index is 14.4. The van der Waals surface area contributed by atoms with Crippen molar-refractivity contribution < 1.29 is 18.4 Å². The molecule has 0 saturated carbocycles. The van der Waals surface area contributed by atoms with Gasteiger partial charge in [-0.05, 0) is 31.9 Å². The first-order valence-electron chi connectivity index (χ1n) is 8.86. The van der Waals surface area contributed by atoms with Crippen molar-refractivity contribution >= 4 is 6.09 Å². The molecule has 7 heteroatoms. The van der Waals surface area contributed by atoms with Gasteiger partial charge in [0.05, 0.1) is 0 Å². The maximum Gasteiger partial charge on any atom is 0.410 e. The Morgan fingerprint density at radius 1 is 1.11 bits per heavy atom. The molecule has 146 valence electrons. The van der Waals surface area contributed by atoms with Crippen molar-refractivity contribution in [1.82, 2.24) is 15.5 Å². The number of rotatable bonds is 4. The summed E-state index contributed by atoms with van der Waals surface area (Å²) in [6.07, 6.45) is -2.47. The molecule has 0 aliphatic carbocycles. The molecule has 0 fully saturated rings. The van der Waals surface area contributed by atoms with Gasteiger partial charge in [0.1, 0.15) is 5.60 Å². The minimum Gasteiger partial charge on any atom is -0.444 e. The lowest BCUT2D eigenvalue weighted by Crippen LogP contribution is -2.33. The number of alkyl carbamates (subject to hydrolysis) is 1. The highest BCUT2D eigenvalue weighted by Gasteiger charge is 2.20. The second-order valence-electron chi connectivity index (χ2n) is 7.31. The van der Waals surface area contributed by atoms with Gasteiger partial charge >= 0.3 is 6.09 Å². The summed E-state index contributed by atoms with van der Waals surface area (Å²) in [5.74, 6) is 0.973. The molecule has 0 radical (unpaired) electrons.